The number of carbonyl (C=O) groups is 2. The summed E-state index contributed by atoms with van der Waals surface area (Å²) in [5.74, 6) is -1.54. The lowest BCUT2D eigenvalue weighted by Gasteiger charge is -2.02. The van der Waals surface area contributed by atoms with Crippen molar-refractivity contribution < 1.29 is 14.7 Å². The minimum absolute atomic E-state index is 0.206. The summed E-state index contributed by atoms with van der Waals surface area (Å²) in [6.07, 6.45) is 1.64. The summed E-state index contributed by atoms with van der Waals surface area (Å²) in [5, 5.41) is 12.7. The molecule has 1 aromatic heterocycles. The second kappa shape index (κ2) is 4.70. The van der Waals surface area contributed by atoms with Crippen molar-refractivity contribution in [2.24, 2.45) is 5.73 Å². The first-order valence-electron chi connectivity index (χ1n) is 5.22. The molecule has 0 saturated carbocycles. The van der Waals surface area contributed by atoms with Crippen LogP contribution in [0.1, 0.15) is 26.4 Å². The van der Waals surface area contributed by atoms with Gasteiger partial charge in [-0.15, -0.1) is 0 Å². The Labute approximate surface area is 103 Å². The number of aromatic carboxylic acids is 1. The van der Waals surface area contributed by atoms with Crippen LogP contribution in [0, 0.1) is 0 Å². The van der Waals surface area contributed by atoms with Gasteiger partial charge in [0.15, 0.2) is 0 Å². The fraction of sp³-hybridized carbons (Fsp3) is 0.0833. The van der Waals surface area contributed by atoms with Crippen LogP contribution >= 0.6 is 0 Å². The molecule has 0 bridgehead atoms. The van der Waals surface area contributed by atoms with E-state index >= 15 is 0 Å². The number of hydrogen-bond donors (Lipinski definition) is 2. The number of amides is 1. The number of carboxylic acids is 1. The number of carbonyl (C=O) groups excluding carboxylic acids is 1. The normalized spacial score (nSPS) is 10.2. The summed E-state index contributed by atoms with van der Waals surface area (Å²) in [6.45, 7) is 0.452. The highest BCUT2D eigenvalue weighted by atomic mass is 16.4. The average molecular weight is 245 g/mol. The van der Waals surface area contributed by atoms with Gasteiger partial charge < -0.3 is 10.8 Å². The van der Waals surface area contributed by atoms with Gasteiger partial charge in [0.05, 0.1) is 12.1 Å². The number of hydrogen-bond acceptors (Lipinski definition) is 3. The molecule has 2 aromatic rings. The Morgan fingerprint density at radius 2 is 1.89 bits per heavy atom. The van der Waals surface area contributed by atoms with Crippen LogP contribution in [0.3, 0.4) is 0 Å². The molecule has 1 aromatic carbocycles. The highest BCUT2D eigenvalue weighted by Crippen LogP contribution is 2.06. The second-order valence-corrected chi connectivity index (χ2v) is 3.76. The van der Waals surface area contributed by atoms with E-state index in [0.29, 0.717) is 6.54 Å². The molecule has 6 heteroatoms. The van der Waals surface area contributed by atoms with E-state index in [9.17, 15) is 9.59 Å². The predicted molar refractivity (Wildman–Crippen MR) is 63.2 cm³/mol. The first-order chi connectivity index (χ1) is 8.56. The summed E-state index contributed by atoms with van der Waals surface area (Å²) in [7, 11) is 0. The molecule has 0 aliphatic rings. The van der Waals surface area contributed by atoms with Gasteiger partial charge in [-0.3, -0.25) is 9.48 Å². The van der Waals surface area contributed by atoms with Gasteiger partial charge in [-0.25, -0.2) is 4.79 Å². The zero-order chi connectivity index (χ0) is 13.1. The number of primary amides is 1. The molecule has 2 rings (SSSR count). The van der Waals surface area contributed by atoms with Crippen molar-refractivity contribution >= 4 is 11.9 Å². The number of nitrogens with zero attached hydrogens (tertiary/aromatic N) is 2. The molecular weight excluding hydrogens is 234 g/mol. The van der Waals surface area contributed by atoms with Gasteiger partial charge in [0.25, 0.3) is 5.91 Å². The summed E-state index contributed by atoms with van der Waals surface area (Å²) in [6, 6.07) is 7.99. The van der Waals surface area contributed by atoms with Gasteiger partial charge in [0.1, 0.15) is 5.69 Å². The Bertz CT molecular complexity index is 587. The maximum Gasteiger partial charge on any atom is 0.335 e. The Hall–Kier alpha value is -2.63. The molecule has 0 fully saturated rings. The van der Waals surface area contributed by atoms with E-state index in [1.165, 1.54) is 18.2 Å². The smallest absolute Gasteiger partial charge is 0.335 e. The zero-order valence-electron chi connectivity index (χ0n) is 9.41. The van der Waals surface area contributed by atoms with E-state index in [1.807, 2.05) is 0 Å². The van der Waals surface area contributed by atoms with Crippen LogP contribution in [0.25, 0.3) is 0 Å². The molecule has 0 saturated heterocycles. The Morgan fingerprint density at radius 3 is 2.39 bits per heavy atom. The molecule has 6 nitrogen and oxygen atoms in total. The molecule has 0 radical (unpaired) electrons. The minimum Gasteiger partial charge on any atom is -0.478 e. The van der Waals surface area contributed by atoms with E-state index < -0.39 is 11.9 Å². The molecule has 92 valence electrons. The Balaban J connectivity index is 2.13. The summed E-state index contributed by atoms with van der Waals surface area (Å²) in [4.78, 5) is 21.5. The van der Waals surface area contributed by atoms with Gasteiger partial charge in [0.2, 0.25) is 0 Å². The maximum atomic E-state index is 10.9. The highest BCUT2D eigenvalue weighted by Gasteiger charge is 2.06. The van der Waals surface area contributed by atoms with Crippen LogP contribution in [0.15, 0.2) is 36.5 Å². The molecule has 1 amide bonds. The quantitative estimate of drug-likeness (QED) is 0.829. The van der Waals surface area contributed by atoms with Gasteiger partial charge in [-0.2, -0.15) is 5.10 Å². The number of carboxylic acid groups (broad SMARTS) is 1. The first-order valence-corrected chi connectivity index (χ1v) is 5.22. The van der Waals surface area contributed by atoms with Gasteiger partial charge >= 0.3 is 5.97 Å². The molecule has 0 unspecified atom stereocenters. The van der Waals surface area contributed by atoms with Crippen LogP contribution in [0.4, 0.5) is 0 Å². The van der Waals surface area contributed by atoms with E-state index in [1.54, 1.807) is 23.0 Å². The van der Waals surface area contributed by atoms with Gasteiger partial charge in [0, 0.05) is 6.20 Å². The standard InChI is InChI=1S/C12H11N3O3/c13-11(16)10-5-6-15(14-10)7-8-1-3-9(4-2-8)12(17)18/h1-6H,7H2,(H2,13,16)(H,17,18). The molecule has 0 atom stereocenters. The van der Waals surface area contributed by atoms with Crippen molar-refractivity contribution in [2.45, 2.75) is 6.54 Å². The van der Waals surface area contributed by atoms with Crippen molar-refractivity contribution in [3.8, 4) is 0 Å². The van der Waals surface area contributed by atoms with E-state index in [-0.39, 0.29) is 11.3 Å². The predicted octanol–water partition coefficient (Wildman–Crippen LogP) is 0.728. The molecule has 1 heterocycles. The molecule has 3 N–H and O–H groups in total. The van der Waals surface area contributed by atoms with Gasteiger partial charge in [-0.1, -0.05) is 12.1 Å². The molecule has 0 aliphatic carbocycles. The van der Waals surface area contributed by atoms with Crippen molar-refractivity contribution in [1.82, 2.24) is 9.78 Å². The van der Waals surface area contributed by atoms with Crippen LogP contribution < -0.4 is 5.73 Å². The van der Waals surface area contributed by atoms with Crippen LogP contribution in [0.5, 0.6) is 0 Å². The lowest BCUT2D eigenvalue weighted by atomic mass is 10.1. The number of nitrogens with two attached hydrogens (primary N) is 1. The molecule has 0 spiro atoms. The SMILES string of the molecule is NC(=O)c1ccn(Cc2ccc(C(=O)O)cc2)n1. The second-order valence-electron chi connectivity index (χ2n) is 3.76. The number of benzene rings is 1. The monoisotopic (exact) mass is 245 g/mol. The van der Waals surface area contributed by atoms with E-state index in [4.69, 9.17) is 10.8 Å². The highest BCUT2D eigenvalue weighted by molar-refractivity contribution is 5.90. The summed E-state index contributed by atoms with van der Waals surface area (Å²) >= 11 is 0. The number of rotatable bonds is 4. The third kappa shape index (κ3) is 2.54. The van der Waals surface area contributed by atoms with Gasteiger partial charge in [-0.05, 0) is 23.8 Å². The zero-order valence-corrected chi connectivity index (χ0v) is 9.41. The average Bonchev–Trinajstić information content (AvgIpc) is 2.78. The molecule has 18 heavy (non-hydrogen) atoms. The van der Waals surface area contributed by atoms with E-state index in [0.717, 1.165) is 5.56 Å². The van der Waals surface area contributed by atoms with Crippen molar-refractivity contribution in [1.29, 1.82) is 0 Å². The lowest BCUT2D eigenvalue weighted by molar-refractivity contribution is 0.0696. The fourth-order valence-corrected chi connectivity index (χ4v) is 1.52. The largest absolute Gasteiger partial charge is 0.478 e. The minimum atomic E-state index is -0.961. The summed E-state index contributed by atoms with van der Waals surface area (Å²) in [5.41, 5.74) is 6.42. The molecular formula is C12H11N3O3. The van der Waals surface area contributed by atoms with Crippen molar-refractivity contribution in [3.63, 3.8) is 0 Å². The van der Waals surface area contributed by atoms with Crippen molar-refractivity contribution in [3.05, 3.63) is 53.3 Å². The van der Waals surface area contributed by atoms with Crippen LogP contribution in [-0.2, 0) is 6.54 Å². The lowest BCUT2D eigenvalue weighted by Crippen LogP contribution is -2.12. The topological polar surface area (TPSA) is 98.2 Å². The Kier molecular flexibility index (Phi) is 3.09. The molecule has 0 aliphatic heterocycles. The third-order valence-corrected chi connectivity index (χ3v) is 2.44. The van der Waals surface area contributed by atoms with Crippen LogP contribution in [-0.4, -0.2) is 26.8 Å². The fourth-order valence-electron chi connectivity index (χ4n) is 1.52. The maximum absolute atomic E-state index is 10.9. The first kappa shape index (κ1) is 11.8. The third-order valence-electron chi connectivity index (χ3n) is 2.44. The van der Waals surface area contributed by atoms with Crippen LogP contribution in [0.2, 0.25) is 0 Å². The Morgan fingerprint density at radius 1 is 1.22 bits per heavy atom. The van der Waals surface area contributed by atoms with Crippen molar-refractivity contribution in [2.75, 3.05) is 0 Å². The summed E-state index contributed by atoms with van der Waals surface area (Å²) < 4.78 is 1.57. The number of aromatic nitrogens is 2. The van der Waals surface area contributed by atoms with E-state index in [2.05, 4.69) is 5.10 Å².